The van der Waals surface area contributed by atoms with Crippen molar-refractivity contribution in [1.29, 1.82) is 0 Å². The van der Waals surface area contributed by atoms with Gasteiger partial charge in [-0.1, -0.05) is 35.9 Å². The molecule has 0 atom stereocenters. The van der Waals surface area contributed by atoms with E-state index in [0.717, 1.165) is 0 Å². The van der Waals surface area contributed by atoms with E-state index in [9.17, 15) is 19.7 Å². The summed E-state index contributed by atoms with van der Waals surface area (Å²) < 4.78 is 0. The number of carbonyl (C=O) groups excluding carboxylic acids is 2. The van der Waals surface area contributed by atoms with Crippen LogP contribution in [0.5, 0.6) is 0 Å². The molecule has 5 nitrogen and oxygen atoms in total. The van der Waals surface area contributed by atoms with E-state index >= 15 is 0 Å². The number of hydrogen-bond donors (Lipinski definition) is 0. The Morgan fingerprint density at radius 2 is 1.50 bits per heavy atom. The van der Waals surface area contributed by atoms with E-state index < -0.39 is 22.2 Å². The van der Waals surface area contributed by atoms with Crippen molar-refractivity contribution in [3.8, 4) is 0 Å². The Morgan fingerprint density at radius 3 is 2.10 bits per heavy atom. The number of nitro benzene ring substituents is 1. The van der Waals surface area contributed by atoms with Gasteiger partial charge in [0.15, 0.2) is 5.78 Å². The fourth-order valence-electron chi connectivity index (χ4n) is 2.32. The molecular weight excluding hydrogens is 282 g/mol. The lowest BCUT2D eigenvalue weighted by molar-refractivity contribution is -0.385. The monoisotopic (exact) mass is 287 g/mol. The zero-order valence-corrected chi connectivity index (χ0v) is 10.7. The van der Waals surface area contributed by atoms with Crippen LogP contribution in [0.1, 0.15) is 31.8 Å². The van der Waals surface area contributed by atoms with Gasteiger partial charge in [-0.05, 0) is 12.1 Å². The predicted octanol–water partition coefficient (Wildman–Crippen LogP) is 3.02. The molecule has 2 aromatic rings. The molecular formula is C14H6ClNO4. The first kappa shape index (κ1) is 12.5. The fraction of sp³-hybridized carbons (Fsp3) is 0. The molecule has 0 bridgehead atoms. The van der Waals surface area contributed by atoms with Crippen molar-refractivity contribution in [2.75, 3.05) is 0 Å². The van der Waals surface area contributed by atoms with E-state index in [1.54, 1.807) is 12.1 Å². The average molecular weight is 288 g/mol. The molecule has 6 heteroatoms. The molecule has 0 aliphatic heterocycles. The number of halogens is 1. The lowest BCUT2D eigenvalue weighted by Gasteiger charge is -2.17. The van der Waals surface area contributed by atoms with Crippen LogP contribution in [0, 0.1) is 10.1 Å². The maximum absolute atomic E-state index is 12.4. The molecule has 0 unspecified atom stereocenters. The average Bonchev–Trinajstić information content (AvgIpc) is 2.44. The third-order valence-corrected chi connectivity index (χ3v) is 3.50. The van der Waals surface area contributed by atoms with Gasteiger partial charge in [0.05, 0.1) is 4.92 Å². The van der Waals surface area contributed by atoms with Crippen molar-refractivity contribution in [1.82, 2.24) is 0 Å². The fourth-order valence-corrected chi connectivity index (χ4v) is 2.55. The van der Waals surface area contributed by atoms with Crippen LogP contribution in [0.2, 0.25) is 5.02 Å². The second kappa shape index (κ2) is 4.25. The molecule has 0 spiro atoms. The van der Waals surface area contributed by atoms with Crippen LogP contribution in [-0.2, 0) is 0 Å². The Bertz CT molecular complexity index is 798. The van der Waals surface area contributed by atoms with Crippen LogP contribution in [0.3, 0.4) is 0 Å². The predicted molar refractivity (Wildman–Crippen MR) is 71.4 cm³/mol. The van der Waals surface area contributed by atoms with Gasteiger partial charge in [-0.15, -0.1) is 0 Å². The first-order chi connectivity index (χ1) is 9.52. The summed E-state index contributed by atoms with van der Waals surface area (Å²) in [6.45, 7) is 0. The summed E-state index contributed by atoms with van der Waals surface area (Å²) in [4.78, 5) is 35.1. The van der Waals surface area contributed by atoms with Gasteiger partial charge in [0.2, 0.25) is 5.78 Å². The molecule has 0 heterocycles. The van der Waals surface area contributed by atoms with Gasteiger partial charge < -0.3 is 0 Å². The van der Waals surface area contributed by atoms with Crippen molar-refractivity contribution >= 4 is 28.9 Å². The standard InChI is InChI=1S/C14H6ClNO4/c15-10-6-5-9-11(12(10)16(19)20)14(18)8-4-2-1-3-7(8)13(9)17/h1-6H. The number of nitro groups is 1. The molecule has 1 aliphatic carbocycles. The van der Waals surface area contributed by atoms with Gasteiger partial charge in [0, 0.05) is 16.7 Å². The highest BCUT2D eigenvalue weighted by atomic mass is 35.5. The number of carbonyl (C=O) groups is 2. The third-order valence-electron chi connectivity index (χ3n) is 3.20. The van der Waals surface area contributed by atoms with Crippen molar-refractivity contribution in [2.45, 2.75) is 0 Å². The molecule has 98 valence electrons. The molecule has 2 aromatic carbocycles. The topological polar surface area (TPSA) is 77.3 Å². The molecule has 20 heavy (non-hydrogen) atoms. The van der Waals surface area contributed by atoms with Crippen LogP contribution >= 0.6 is 11.6 Å². The Kier molecular flexibility index (Phi) is 2.65. The number of ketones is 2. The lowest BCUT2D eigenvalue weighted by atomic mass is 9.83. The summed E-state index contributed by atoms with van der Waals surface area (Å²) in [5, 5.41) is 11.0. The van der Waals surface area contributed by atoms with Gasteiger partial charge in [-0.25, -0.2) is 0 Å². The van der Waals surface area contributed by atoms with Gasteiger partial charge in [0.25, 0.3) is 5.69 Å². The number of benzene rings is 2. The number of rotatable bonds is 1. The molecule has 0 radical (unpaired) electrons. The van der Waals surface area contributed by atoms with Crippen LogP contribution in [0.15, 0.2) is 36.4 Å². The van der Waals surface area contributed by atoms with Crippen molar-refractivity contribution in [3.05, 3.63) is 73.8 Å². The van der Waals surface area contributed by atoms with E-state index in [1.165, 1.54) is 24.3 Å². The summed E-state index contributed by atoms with van der Waals surface area (Å²) >= 11 is 5.79. The van der Waals surface area contributed by atoms with E-state index in [1.807, 2.05) is 0 Å². The first-order valence-electron chi connectivity index (χ1n) is 5.67. The molecule has 1 aliphatic rings. The highest BCUT2D eigenvalue weighted by molar-refractivity contribution is 6.36. The summed E-state index contributed by atoms with van der Waals surface area (Å²) in [6.07, 6.45) is 0. The largest absolute Gasteiger partial charge is 0.299 e. The Morgan fingerprint density at radius 1 is 0.900 bits per heavy atom. The van der Waals surface area contributed by atoms with E-state index in [4.69, 9.17) is 11.6 Å². The highest BCUT2D eigenvalue weighted by Crippen LogP contribution is 2.37. The zero-order chi connectivity index (χ0) is 14.4. The number of fused-ring (bicyclic) bond motifs is 2. The smallest absolute Gasteiger partial charge is 0.289 e. The second-order valence-electron chi connectivity index (χ2n) is 4.28. The van der Waals surface area contributed by atoms with Gasteiger partial charge in [-0.3, -0.25) is 19.7 Å². The number of nitrogens with zero attached hydrogens (tertiary/aromatic N) is 1. The molecule has 0 N–H and O–H groups in total. The number of hydrogen-bond acceptors (Lipinski definition) is 4. The summed E-state index contributed by atoms with van der Waals surface area (Å²) in [6, 6.07) is 8.85. The van der Waals surface area contributed by atoms with Crippen LogP contribution in [0.25, 0.3) is 0 Å². The van der Waals surface area contributed by atoms with Crippen molar-refractivity contribution < 1.29 is 14.5 Å². The van der Waals surface area contributed by atoms with Crippen LogP contribution in [-0.4, -0.2) is 16.5 Å². The lowest BCUT2D eigenvalue weighted by Crippen LogP contribution is -2.22. The molecule has 0 amide bonds. The van der Waals surface area contributed by atoms with Crippen LogP contribution < -0.4 is 0 Å². The zero-order valence-electron chi connectivity index (χ0n) is 9.92. The van der Waals surface area contributed by atoms with Crippen molar-refractivity contribution in [2.24, 2.45) is 0 Å². The SMILES string of the molecule is O=C1c2ccccc2C(=O)c2c1ccc(Cl)c2[N+](=O)[O-]. The Balaban J connectivity index is 2.40. The molecule has 0 fully saturated rings. The summed E-state index contributed by atoms with van der Waals surface area (Å²) in [5.74, 6) is -0.959. The van der Waals surface area contributed by atoms with E-state index in [-0.39, 0.29) is 27.3 Å². The van der Waals surface area contributed by atoms with Crippen LogP contribution in [0.4, 0.5) is 5.69 Å². The highest BCUT2D eigenvalue weighted by Gasteiger charge is 2.36. The minimum Gasteiger partial charge on any atom is -0.289 e. The normalized spacial score (nSPS) is 12.8. The molecule has 0 saturated carbocycles. The summed E-state index contributed by atoms with van der Waals surface area (Å²) in [5.41, 5.74) is -0.315. The molecule has 3 rings (SSSR count). The third kappa shape index (κ3) is 1.57. The van der Waals surface area contributed by atoms with Gasteiger partial charge >= 0.3 is 0 Å². The van der Waals surface area contributed by atoms with Gasteiger partial charge in [0.1, 0.15) is 10.6 Å². The van der Waals surface area contributed by atoms with Crippen molar-refractivity contribution in [3.63, 3.8) is 0 Å². The minimum absolute atomic E-state index is 0.0183. The minimum atomic E-state index is -0.736. The molecule has 0 saturated heterocycles. The van der Waals surface area contributed by atoms with Gasteiger partial charge in [-0.2, -0.15) is 0 Å². The molecule has 0 aromatic heterocycles. The van der Waals surface area contributed by atoms with E-state index in [2.05, 4.69) is 0 Å². The Hall–Kier alpha value is -2.53. The first-order valence-corrected chi connectivity index (χ1v) is 6.05. The quantitative estimate of drug-likeness (QED) is 0.509. The second-order valence-corrected chi connectivity index (χ2v) is 4.69. The maximum atomic E-state index is 12.4. The Labute approximate surface area is 117 Å². The van der Waals surface area contributed by atoms with E-state index in [0.29, 0.717) is 0 Å². The summed E-state index contributed by atoms with van der Waals surface area (Å²) in [7, 11) is 0. The maximum Gasteiger partial charge on any atom is 0.299 e.